The van der Waals surface area contributed by atoms with Crippen LogP contribution in [0.15, 0.2) is 47.5 Å². The molecule has 0 saturated carbocycles. The number of hydrogen-bond donors (Lipinski definition) is 2. The molecule has 0 aliphatic heterocycles. The third-order valence-electron chi connectivity index (χ3n) is 3.70. The highest BCUT2D eigenvalue weighted by Crippen LogP contribution is 2.14. The number of hydrogen-bond acceptors (Lipinski definition) is 6. The second kappa shape index (κ2) is 9.29. The number of ether oxygens (including phenoxy) is 1. The summed E-state index contributed by atoms with van der Waals surface area (Å²) in [5.74, 6) is -0.899. The first kappa shape index (κ1) is 21.3. The lowest BCUT2D eigenvalue weighted by Crippen LogP contribution is -2.46. The van der Waals surface area contributed by atoms with E-state index in [2.05, 4.69) is 15.8 Å². The van der Waals surface area contributed by atoms with Crippen LogP contribution in [-0.2, 0) is 14.8 Å². The first-order valence-corrected chi connectivity index (χ1v) is 9.89. The van der Waals surface area contributed by atoms with Gasteiger partial charge in [-0.3, -0.25) is 20.4 Å². The topological polar surface area (TPSA) is 118 Å². The Kier molecular flexibility index (Phi) is 7.07. The van der Waals surface area contributed by atoms with Crippen LogP contribution in [0.4, 0.5) is 0 Å². The number of aromatic nitrogens is 1. The molecule has 0 fully saturated rings. The molecule has 0 saturated heterocycles. The fourth-order valence-electron chi connectivity index (χ4n) is 2.16. The molecule has 10 heteroatoms. The normalized spacial score (nSPS) is 11.1. The van der Waals surface area contributed by atoms with Crippen LogP contribution in [0.3, 0.4) is 0 Å². The molecular formula is C18H22N4O5S. The van der Waals surface area contributed by atoms with E-state index in [1.54, 1.807) is 12.1 Å². The summed E-state index contributed by atoms with van der Waals surface area (Å²) < 4.78 is 31.0. The van der Waals surface area contributed by atoms with Crippen molar-refractivity contribution in [2.45, 2.75) is 18.7 Å². The maximum atomic E-state index is 12.5. The van der Waals surface area contributed by atoms with E-state index in [1.807, 2.05) is 13.8 Å². The minimum atomic E-state index is -3.82. The number of pyridine rings is 1. The molecule has 0 unspecified atom stereocenters. The van der Waals surface area contributed by atoms with Crippen molar-refractivity contribution in [2.75, 3.05) is 20.2 Å². The highest BCUT2D eigenvalue weighted by Gasteiger charge is 2.23. The molecule has 2 rings (SSSR count). The zero-order chi connectivity index (χ0) is 20.7. The number of sulfonamides is 1. The largest absolute Gasteiger partial charge is 0.478 e. The summed E-state index contributed by atoms with van der Waals surface area (Å²) in [4.78, 5) is 28.0. The van der Waals surface area contributed by atoms with Crippen LogP contribution in [0.2, 0.25) is 0 Å². The standard InChI is InChI=1S/C18H22N4O5S/c1-4-27-17-10-7-14(11-19-17)18(24)21-20-16(23)12-22(3)28(25,26)15-8-5-13(2)6-9-15/h5-11H,4,12H2,1-3H3,(H,20,23)(H,21,24). The highest BCUT2D eigenvalue weighted by atomic mass is 32.2. The van der Waals surface area contributed by atoms with Gasteiger partial charge in [-0.05, 0) is 32.0 Å². The van der Waals surface area contributed by atoms with E-state index in [-0.39, 0.29) is 10.5 Å². The lowest BCUT2D eigenvalue weighted by Gasteiger charge is -2.17. The summed E-state index contributed by atoms with van der Waals surface area (Å²) in [6.07, 6.45) is 1.31. The van der Waals surface area contributed by atoms with Gasteiger partial charge >= 0.3 is 0 Å². The Morgan fingerprint density at radius 2 is 1.79 bits per heavy atom. The number of likely N-dealkylation sites (N-methyl/N-ethyl adjacent to an activating group) is 1. The molecule has 1 aromatic carbocycles. The van der Waals surface area contributed by atoms with Gasteiger partial charge in [-0.2, -0.15) is 4.31 Å². The van der Waals surface area contributed by atoms with Gasteiger partial charge in [0.2, 0.25) is 15.9 Å². The minimum absolute atomic E-state index is 0.0814. The van der Waals surface area contributed by atoms with Crippen LogP contribution in [0.25, 0.3) is 0 Å². The lowest BCUT2D eigenvalue weighted by atomic mass is 10.2. The number of rotatable bonds is 7. The SMILES string of the molecule is CCOc1ccc(C(=O)NNC(=O)CN(C)S(=O)(=O)c2ccc(C)cc2)cn1. The van der Waals surface area contributed by atoms with Crippen molar-refractivity contribution in [3.63, 3.8) is 0 Å². The van der Waals surface area contributed by atoms with Crippen molar-refractivity contribution < 1.29 is 22.7 Å². The second-order valence-corrected chi connectivity index (χ2v) is 7.94. The monoisotopic (exact) mass is 406 g/mol. The van der Waals surface area contributed by atoms with Gasteiger partial charge in [0.05, 0.1) is 23.6 Å². The van der Waals surface area contributed by atoms with Crippen molar-refractivity contribution in [2.24, 2.45) is 0 Å². The van der Waals surface area contributed by atoms with Gasteiger partial charge in [0, 0.05) is 19.3 Å². The number of aryl methyl sites for hydroxylation is 1. The van der Waals surface area contributed by atoms with Gasteiger partial charge in [0.1, 0.15) is 0 Å². The van der Waals surface area contributed by atoms with Gasteiger partial charge in [-0.15, -0.1) is 0 Å². The fourth-order valence-corrected chi connectivity index (χ4v) is 3.29. The van der Waals surface area contributed by atoms with E-state index >= 15 is 0 Å². The van der Waals surface area contributed by atoms with Crippen LogP contribution >= 0.6 is 0 Å². The molecular weight excluding hydrogens is 384 g/mol. The molecule has 0 spiro atoms. The van der Waals surface area contributed by atoms with E-state index in [9.17, 15) is 18.0 Å². The van der Waals surface area contributed by atoms with Crippen LogP contribution in [0, 0.1) is 6.92 Å². The third-order valence-corrected chi connectivity index (χ3v) is 5.52. The zero-order valence-corrected chi connectivity index (χ0v) is 16.6. The molecule has 0 aliphatic carbocycles. The van der Waals surface area contributed by atoms with Gasteiger partial charge in [-0.25, -0.2) is 13.4 Å². The van der Waals surface area contributed by atoms with E-state index in [0.717, 1.165) is 9.87 Å². The molecule has 0 radical (unpaired) electrons. The molecule has 2 N–H and O–H groups in total. The molecule has 1 aromatic heterocycles. The van der Waals surface area contributed by atoms with E-state index < -0.39 is 28.4 Å². The van der Waals surface area contributed by atoms with Crippen molar-refractivity contribution >= 4 is 21.8 Å². The molecule has 9 nitrogen and oxygen atoms in total. The maximum absolute atomic E-state index is 12.5. The number of nitrogens with zero attached hydrogens (tertiary/aromatic N) is 2. The first-order chi connectivity index (χ1) is 13.2. The van der Waals surface area contributed by atoms with Crippen LogP contribution in [0.1, 0.15) is 22.8 Å². The number of hydrazine groups is 1. The Balaban J connectivity index is 1.90. The summed E-state index contributed by atoms with van der Waals surface area (Å²) in [5.41, 5.74) is 5.53. The van der Waals surface area contributed by atoms with Crippen LogP contribution < -0.4 is 15.6 Å². The average Bonchev–Trinajstić information content (AvgIpc) is 2.67. The van der Waals surface area contributed by atoms with Gasteiger partial charge < -0.3 is 4.74 Å². The number of carbonyl (C=O) groups is 2. The number of nitrogens with one attached hydrogen (secondary N) is 2. The highest BCUT2D eigenvalue weighted by molar-refractivity contribution is 7.89. The molecule has 1 heterocycles. The van der Waals surface area contributed by atoms with Crippen molar-refractivity contribution in [1.29, 1.82) is 0 Å². The lowest BCUT2D eigenvalue weighted by molar-refractivity contribution is -0.121. The van der Waals surface area contributed by atoms with Crippen LogP contribution in [-0.4, -0.2) is 49.7 Å². The Labute approximate surface area is 163 Å². The summed E-state index contributed by atoms with van der Waals surface area (Å²) in [6, 6.07) is 9.31. The van der Waals surface area contributed by atoms with Gasteiger partial charge in [0.25, 0.3) is 11.8 Å². The zero-order valence-electron chi connectivity index (χ0n) is 15.8. The Morgan fingerprint density at radius 1 is 1.11 bits per heavy atom. The molecule has 0 bridgehead atoms. The average molecular weight is 406 g/mol. The molecule has 2 amide bonds. The van der Waals surface area contributed by atoms with Crippen LogP contribution in [0.5, 0.6) is 5.88 Å². The third kappa shape index (κ3) is 5.51. The van der Waals surface area contributed by atoms with Crippen molar-refractivity contribution in [3.05, 3.63) is 53.7 Å². The first-order valence-electron chi connectivity index (χ1n) is 8.45. The smallest absolute Gasteiger partial charge is 0.271 e. The predicted molar refractivity (Wildman–Crippen MR) is 102 cm³/mol. The summed E-state index contributed by atoms with van der Waals surface area (Å²) in [6.45, 7) is 3.65. The van der Waals surface area contributed by atoms with Gasteiger partial charge in [0.15, 0.2) is 0 Å². The van der Waals surface area contributed by atoms with Crippen molar-refractivity contribution in [1.82, 2.24) is 20.1 Å². The van der Waals surface area contributed by atoms with E-state index in [4.69, 9.17) is 4.74 Å². The summed E-state index contributed by atoms with van der Waals surface area (Å²) in [7, 11) is -2.53. The Bertz CT molecular complexity index is 927. The fraction of sp³-hybridized carbons (Fsp3) is 0.278. The van der Waals surface area contributed by atoms with Crippen molar-refractivity contribution in [3.8, 4) is 5.88 Å². The number of amides is 2. The molecule has 2 aromatic rings. The summed E-state index contributed by atoms with van der Waals surface area (Å²) >= 11 is 0. The van der Waals surface area contributed by atoms with E-state index in [1.165, 1.54) is 37.5 Å². The number of carbonyl (C=O) groups excluding carboxylic acids is 2. The summed E-state index contributed by atoms with van der Waals surface area (Å²) in [5, 5.41) is 0. The van der Waals surface area contributed by atoms with E-state index in [0.29, 0.717) is 12.5 Å². The Hall–Kier alpha value is -2.98. The Morgan fingerprint density at radius 3 is 2.36 bits per heavy atom. The quantitative estimate of drug-likeness (QED) is 0.659. The minimum Gasteiger partial charge on any atom is -0.478 e. The molecule has 150 valence electrons. The second-order valence-electron chi connectivity index (χ2n) is 5.89. The molecule has 28 heavy (non-hydrogen) atoms. The molecule has 0 atom stereocenters. The molecule has 0 aliphatic rings. The number of benzene rings is 1. The predicted octanol–water partition coefficient (Wildman–Crippen LogP) is 0.870. The maximum Gasteiger partial charge on any atom is 0.271 e. The van der Waals surface area contributed by atoms with Gasteiger partial charge in [-0.1, -0.05) is 17.7 Å².